The van der Waals surface area contributed by atoms with E-state index in [0.717, 1.165) is 31.5 Å². The Kier molecular flexibility index (Phi) is 4.73. The van der Waals surface area contributed by atoms with Crippen LogP contribution in [-0.2, 0) is 6.54 Å². The van der Waals surface area contributed by atoms with Gasteiger partial charge >= 0.3 is 0 Å². The molecule has 0 atom stereocenters. The topological polar surface area (TPSA) is 78.5 Å². The molecule has 2 heterocycles. The van der Waals surface area contributed by atoms with E-state index in [2.05, 4.69) is 10.6 Å². The largest absolute Gasteiger partial charge is 0.349 e. The first-order chi connectivity index (χ1) is 13.1. The summed E-state index contributed by atoms with van der Waals surface area (Å²) in [6.07, 6.45) is 1.83. The molecule has 2 aromatic rings. The molecule has 3 amide bonds. The molecule has 1 fully saturated rings. The molecule has 0 bridgehead atoms. The van der Waals surface area contributed by atoms with Crippen LogP contribution in [0.15, 0.2) is 48.5 Å². The van der Waals surface area contributed by atoms with E-state index >= 15 is 0 Å². The smallest absolute Gasteiger partial charge is 0.261 e. The summed E-state index contributed by atoms with van der Waals surface area (Å²) in [6.45, 7) is 1.97. The van der Waals surface area contributed by atoms with E-state index in [-0.39, 0.29) is 30.3 Å². The van der Waals surface area contributed by atoms with Gasteiger partial charge in [-0.3, -0.25) is 19.3 Å². The quantitative estimate of drug-likeness (QED) is 0.814. The number of benzene rings is 2. The summed E-state index contributed by atoms with van der Waals surface area (Å²) < 4.78 is 0. The molecule has 4 rings (SSSR count). The fraction of sp³-hybridized carbons (Fsp3) is 0.286. The van der Waals surface area contributed by atoms with Crippen molar-refractivity contribution in [3.63, 3.8) is 0 Å². The van der Waals surface area contributed by atoms with E-state index in [1.54, 1.807) is 42.5 Å². The summed E-state index contributed by atoms with van der Waals surface area (Å²) in [6, 6.07) is 14.1. The van der Waals surface area contributed by atoms with E-state index in [1.807, 2.05) is 6.07 Å². The third-order valence-electron chi connectivity index (χ3n) is 5.08. The van der Waals surface area contributed by atoms with Gasteiger partial charge in [0, 0.05) is 11.6 Å². The molecule has 0 radical (unpaired) electrons. The number of hydrogen-bond acceptors (Lipinski definition) is 4. The van der Waals surface area contributed by atoms with Crippen molar-refractivity contribution in [2.45, 2.75) is 25.4 Å². The van der Waals surface area contributed by atoms with Gasteiger partial charge in [0.25, 0.3) is 17.7 Å². The van der Waals surface area contributed by atoms with Crippen LogP contribution in [0, 0.1) is 0 Å². The maximum absolute atomic E-state index is 12.5. The Bertz CT molecular complexity index is 868. The Balaban J connectivity index is 1.48. The minimum absolute atomic E-state index is 0.119. The van der Waals surface area contributed by atoms with E-state index < -0.39 is 0 Å². The van der Waals surface area contributed by atoms with E-state index in [9.17, 15) is 14.4 Å². The van der Waals surface area contributed by atoms with Crippen molar-refractivity contribution in [2.24, 2.45) is 0 Å². The van der Waals surface area contributed by atoms with E-state index in [1.165, 1.54) is 4.90 Å². The van der Waals surface area contributed by atoms with Gasteiger partial charge in [-0.05, 0) is 55.8 Å². The molecular weight excluding hydrogens is 342 g/mol. The van der Waals surface area contributed by atoms with Crippen molar-refractivity contribution in [1.82, 2.24) is 15.5 Å². The van der Waals surface area contributed by atoms with Crippen LogP contribution in [0.1, 0.15) is 49.5 Å². The Labute approximate surface area is 157 Å². The molecule has 2 aromatic carbocycles. The molecule has 6 nitrogen and oxygen atoms in total. The third kappa shape index (κ3) is 3.48. The zero-order valence-corrected chi connectivity index (χ0v) is 14.9. The lowest BCUT2D eigenvalue weighted by Gasteiger charge is -2.23. The third-order valence-corrected chi connectivity index (χ3v) is 5.08. The lowest BCUT2D eigenvalue weighted by atomic mass is 10.1. The van der Waals surface area contributed by atoms with Gasteiger partial charge in [-0.1, -0.05) is 24.3 Å². The van der Waals surface area contributed by atoms with Crippen LogP contribution < -0.4 is 10.6 Å². The average molecular weight is 363 g/mol. The minimum Gasteiger partial charge on any atom is -0.349 e. The Hall–Kier alpha value is -2.99. The van der Waals surface area contributed by atoms with Crippen molar-refractivity contribution in [3.05, 3.63) is 70.8 Å². The summed E-state index contributed by atoms with van der Waals surface area (Å²) in [4.78, 5) is 38.8. The van der Waals surface area contributed by atoms with Crippen molar-refractivity contribution >= 4 is 17.7 Å². The van der Waals surface area contributed by atoms with Gasteiger partial charge in [0.15, 0.2) is 0 Å². The predicted molar refractivity (Wildman–Crippen MR) is 100 cm³/mol. The number of carbonyl (C=O) groups is 3. The average Bonchev–Trinajstić information content (AvgIpc) is 2.94. The molecule has 2 aliphatic heterocycles. The number of fused-ring (bicyclic) bond motifs is 1. The highest BCUT2D eigenvalue weighted by molar-refractivity contribution is 6.21. The number of amides is 3. The number of nitrogens with zero attached hydrogens (tertiary/aromatic N) is 1. The van der Waals surface area contributed by atoms with E-state index in [4.69, 9.17) is 0 Å². The van der Waals surface area contributed by atoms with Gasteiger partial charge in [0.05, 0.1) is 17.7 Å². The first-order valence-corrected chi connectivity index (χ1v) is 9.19. The van der Waals surface area contributed by atoms with Crippen LogP contribution >= 0.6 is 0 Å². The summed E-state index contributed by atoms with van der Waals surface area (Å²) in [7, 11) is 0. The van der Waals surface area contributed by atoms with Gasteiger partial charge in [-0.2, -0.15) is 0 Å². The van der Waals surface area contributed by atoms with Gasteiger partial charge in [0.2, 0.25) is 0 Å². The van der Waals surface area contributed by atoms with Crippen molar-refractivity contribution in [1.29, 1.82) is 0 Å². The van der Waals surface area contributed by atoms with Crippen LogP contribution in [0.3, 0.4) is 0 Å². The maximum Gasteiger partial charge on any atom is 0.261 e. The maximum atomic E-state index is 12.5. The van der Waals surface area contributed by atoms with Crippen LogP contribution in [0.2, 0.25) is 0 Å². The normalized spacial score (nSPS) is 17.1. The highest BCUT2D eigenvalue weighted by Crippen LogP contribution is 2.24. The second-order valence-corrected chi connectivity index (χ2v) is 6.94. The Morgan fingerprint density at radius 2 is 1.67 bits per heavy atom. The Morgan fingerprint density at radius 1 is 1.00 bits per heavy atom. The van der Waals surface area contributed by atoms with Crippen LogP contribution in [0.5, 0.6) is 0 Å². The zero-order chi connectivity index (χ0) is 18.8. The summed E-state index contributed by atoms with van der Waals surface area (Å²) >= 11 is 0. The molecule has 2 N–H and O–H groups in total. The summed E-state index contributed by atoms with van der Waals surface area (Å²) in [5.41, 5.74) is 2.16. The van der Waals surface area contributed by atoms with Crippen molar-refractivity contribution in [3.8, 4) is 0 Å². The molecule has 0 aromatic heterocycles. The van der Waals surface area contributed by atoms with Gasteiger partial charge in [-0.25, -0.2) is 0 Å². The Morgan fingerprint density at radius 3 is 2.33 bits per heavy atom. The number of hydrogen-bond donors (Lipinski definition) is 2. The molecule has 0 unspecified atom stereocenters. The molecular formula is C21H21N3O3. The molecule has 2 aliphatic rings. The predicted octanol–water partition coefficient (Wildman–Crippen LogP) is 1.96. The van der Waals surface area contributed by atoms with Gasteiger partial charge in [0.1, 0.15) is 0 Å². The zero-order valence-electron chi connectivity index (χ0n) is 14.9. The fourth-order valence-electron chi connectivity index (χ4n) is 3.61. The number of carbonyl (C=O) groups excluding carboxylic acids is 3. The molecule has 0 spiro atoms. The SMILES string of the molecule is O=C(NC1CCNCC1)c1cccc(CN2C(=O)c3ccccc3C2=O)c1. The van der Waals surface area contributed by atoms with E-state index in [0.29, 0.717) is 16.7 Å². The second-order valence-electron chi connectivity index (χ2n) is 6.94. The lowest BCUT2D eigenvalue weighted by Crippen LogP contribution is -2.42. The molecule has 0 aliphatic carbocycles. The number of nitrogens with one attached hydrogen (secondary N) is 2. The molecule has 1 saturated heterocycles. The number of imide groups is 1. The lowest BCUT2D eigenvalue weighted by molar-refractivity contribution is 0.0642. The highest BCUT2D eigenvalue weighted by atomic mass is 16.2. The minimum atomic E-state index is -0.292. The van der Waals surface area contributed by atoms with Crippen LogP contribution in [0.25, 0.3) is 0 Å². The standard InChI is InChI=1S/C21H21N3O3/c25-19(23-16-8-10-22-11-9-16)15-5-3-4-14(12-15)13-24-20(26)17-6-1-2-7-18(17)21(24)27/h1-7,12,16,22H,8-11,13H2,(H,23,25). The summed E-state index contributed by atoms with van der Waals surface area (Å²) in [5, 5.41) is 6.33. The van der Waals surface area contributed by atoms with Crippen LogP contribution in [0.4, 0.5) is 0 Å². The second kappa shape index (κ2) is 7.32. The fourth-order valence-corrected chi connectivity index (χ4v) is 3.61. The van der Waals surface area contributed by atoms with Gasteiger partial charge < -0.3 is 10.6 Å². The molecule has 27 heavy (non-hydrogen) atoms. The van der Waals surface area contributed by atoms with Crippen molar-refractivity contribution < 1.29 is 14.4 Å². The number of piperidine rings is 1. The first-order valence-electron chi connectivity index (χ1n) is 9.19. The molecule has 6 heteroatoms. The molecule has 138 valence electrons. The summed E-state index contributed by atoms with van der Waals surface area (Å²) in [5.74, 6) is -0.702. The van der Waals surface area contributed by atoms with Gasteiger partial charge in [-0.15, -0.1) is 0 Å². The van der Waals surface area contributed by atoms with Crippen LogP contribution in [-0.4, -0.2) is 41.8 Å². The highest BCUT2D eigenvalue weighted by Gasteiger charge is 2.35. The number of rotatable bonds is 4. The monoisotopic (exact) mass is 363 g/mol. The molecule has 0 saturated carbocycles. The first kappa shape index (κ1) is 17.4. The van der Waals surface area contributed by atoms with Crippen molar-refractivity contribution in [2.75, 3.05) is 13.1 Å².